The van der Waals surface area contributed by atoms with Crippen LogP contribution in [-0.2, 0) is 4.57 Å². The fraction of sp³-hybridized carbons (Fsp3) is 1.00. The number of rotatable bonds is 2. The predicted octanol–water partition coefficient (Wildman–Crippen LogP) is 2.77. The second-order valence-electron chi connectivity index (χ2n) is 2.67. The third-order valence-electron chi connectivity index (χ3n) is 1.92. The monoisotopic (exact) mass is 162 g/mol. The minimum absolute atomic E-state index is 0.833. The van der Waals surface area contributed by atoms with E-state index in [0.717, 1.165) is 5.92 Å². The van der Waals surface area contributed by atoms with Gasteiger partial charge in [0.15, 0.2) is 0 Å². The van der Waals surface area contributed by atoms with Crippen LogP contribution >= 0.6 is 8.69 Å². The Morgan fingerprint density at radius 2 is 2.10 bits per heavy atom. The number of hydrogen-bond donors (Lipinski definition) is 1. The van der Waals surface area contributed by atoms with Gasteiger partial charge >= 0.3 is 8.69 Å². The van der Waals surface area contributed by atoms with E-state index in [2.05, 4.69) is 6.92 Å². The van der Waals surface area contributed by atoms with E-state index in [1.807, 2.05) is 0 Å². The van der Waals surface area contributed by atoms with Gasteiger partial charge in [0.25, 0.3) is 0 Å². The highest BCUT2D eigenvalue weighted by molar-refractivity contribution is 7.16. The van der Waals surface area contributed by atoms with Crippen molar-refractivity contribution in [3.05, 3.63) is 0 Å². The van der Waals surface area contributed by atoms with Crippen LogP contribution < -0.4 is 0 Å². The summed E-state index contributed by atoms with van der Waals surface area (Å²) in [5, 5.41) is 0. The van der Waals surface area contributed by atoms with E-state index in [9.17, 15) is 0 Å². The van der Waals surface area contributed by atoms with Gasteiger partial charge in [-0.3, -0.25) is 0 Å². The first-order valence-corrected chi connectivity index (χ1v) is 4.58. The molecule has 0 amide bonds. The van der Waals surface area contributed by atoms with E-state index < -0.39 is 8.69 Å². The molecule has 2 nitrogen and oxygen atoms in total. The van der Waals surface area contributed by atoms with Crippen molar-refractivity contribution in [3.8, 4) is 0 Å². The Morgan fingerprint density at radius 3 is 2.20 bits per heavy atom. The molecule has 10 heavy (non-hydrogen) atoms. The molecule has 0 spiro atoms. The van der Waals surface area contributed by atoms with E-state index in [4.69, 9.17) is 9.46 Å². The topological polar surface area (TPSA) is 37.3 Å². The van der Waals surface area contributed by atoms with Gasteiger partial charge in [0, 0.05) is 0 Å². The summed E-state index contributed by atoms with van der Waals surface area (Å²) in [5.74, 6) is 1.13. The van der Waals surface area contributed by atoms with E-state index in [1.165, 1.54) is 32.1 Å². The predicted molar refractivity (Wildman–Crippen MR) is 42.1 cm³/mol. The summed E-state index contributed by atoms with van der Waals surface area (Å²) in [6.45, 7) is 2.28. The quantitative estimate of drug-likeness (QED) is 0.634. The smallest absolute Gasteiger partial charge is 0.310 e. The van der Waals surface area contributed by atoms with Crippen molar-refractivity contribution in [3.63, 3.8) is 0 Å². The van der Waals surface area contributed by atoms with E-state index in [0.29, 0.717) is 0 Å². The molecule has 1 aliphatic carbocycles. The minimum atomic E-state index is -0.833. The average Bonchev–Trinajstić information content (AvgIpc) is 1.81. The molecule has 0 aliphatic heterocycles. The lowest BCUT2D eigenvalue weighted by molar-refractivity contribution is 0.294. The van der Waals surface area contributed by atoms with Crippen LogP contribution in [0.4, 0.5) is 0 Å². The maximum atomic E-state index is 8.46. The number of hydrogen-bond acceptors (Lipinski definition) is 1. The molecule has 0 saturated heterocycles. The van der Waals surface area contributed by atoms with Crippen LogP contribution in [0, 0.1) is 5.92 Å². The molecule has 1 saturated carbocycles. The molecule has 0 aromatic heterocycles. The fourth-order valence-corrected chi connectivity index (χ4v) is 1.19. The normalized spacial score (nSPS) is 17.4. The highest BCUT2D eigenvalue weighted by Gasteiger charge is 2.14. The Kier molecular flexibility index (Phi) is 7.21. The molecule has 0 atom stereocenters. The van der Waals surface area contributed by atoms with Crippen LogP contribution in [0.3, 0.4) is 0 Å². The van der Waals surface area contributed by atoms with Gasteiger partial charge in [-0.25, -0.2) is 4.57 Å². The van der Waals surface area contributed by atoms with E-state index in [1.54, 1.807) is 0 Å². The van der Waals surface area contributed by atoms with Crippen LogP contribution in [0.25, 0.3) is 0 Å². The lowest BCUT2D eigenvalue weighted by Crippen LogP contribution is -2.09. The van der Waals surface area contributed by atoms with Gasteiger partial charge in [0.2, 0.25) is 0 Å². The maximum Gasteiger partial charge on any atom is 0.324 e. The van der Waals surface area contributed by atoms with Crippen molar-refractivity contribution in [1.82, 2.24) is 0 Å². The molecular weight excluding hydrogens is 147 g/mol. The zero-order chi connectivity index (χ0) is 7.82. The minimum Gasteiger partial charge on any atom is -0.310 e. The summed E-state index contributed by atoms with van der Waals surface area (Å²) in [6, 6.07) is 0. The Balaban J connectivity index is 0.000000236. The van der Waals surface area contributed by atoms with Gasteiger partial charge in [-0.2, -0.15) is 0 Å². The van der Waals surface area contributed by atoms with Gasteiger partial charge in [-0.15, -0.1) is 0 Å². The first kappa shape index (κ1) is 10.1. The van der Waals surface area contributed by atoms with Crippen molar-refractivity contribution in [2.75, 3.05) is 0 Å². The van der Waals surface area contributed by atoms with Crippen molar-refractivity contribution in [2.45, 2.75) is 39.0 Å². The molecule has 0 aromatic rings. The van der Waals surface area contributed by atoms with Gasteiger partial charge in [-0.1, -0.05) is 39.0 Å². The second-order valence-corrected chi connectivity index (χ2v) is 2.83. The summed E-state index contributed by atoms with van der Waals surface area (Å²) < 4.78 is 8.46. The highest BCUT2D eigenvalue weighted by atomic mass is 31.1. The molecular formula is C7H15O2P. The standard InChI is InChI=1S/C7H14.HO2P/c1-2-4-7-5-3-6-7;1-3-2/h7H,2-6H2,1H3;(H,1,2). The largest absolute Gasteiger partial charge is 0.324 e. The SMILES string of the molecule is CCCC1CCC1.O=PO. The Labute approximate surface area is 63.9 Å². The Hall–Kier alpha value is 0.0600. The molecule has 1 N–H and O–H groups in total. The molecule has 0 aromatic carbocycles. The van der Waals surface area contributed by atoms with Gasteiger partial charge in [0.1, 0.15) is 0 Å². The molecule has 0 unspecified atom stereocenters. The average molecular weight is 162 g/mol. The molecule has 1 fully saturated rings. The van der Waals surface area contributed by atoms with Gasteiger partial charge in [-0.05, 0) is 5.92 Å². The van der Waals surface area contributed by atoms with Crippen LogP contribution in [0.2, 0.25) is 0 Å². The van der Waals surface area contributed by atoms with Crippen molar-refractivity contribution in [2.24, 2.45) is 5.92 Å². The summed E-state index contributed by atoms with van der Waals surface area (Å²) in [7, 11) is -0.833. The molecule has 1 rings (SSSR count). The third kappa shape index (κ3) is 4.89. The van der Waals surface area contributed by atoms with Crippen LogP contribution in [0.1, 0.15) is 39.0 Å². The molecule has 0 bridgehead atoms. The maximum absolute atomic E-state index is 8.46. The first-order valence-electron chi connectivity index (χ1n) is 3.81. The zero-order valence-electron chi connectivity index (χ0n) is 6.42. The van der Waals surface area contributed by atoms with Crippen LogP contribution in [-0.4, -0.2) is 4.89 Å². The second kappa shape index (κ2) is 7.17. The Bertz CT molecular complexity index is 81.7. The van der Waals surface area contributed by atoms with Gasteiger partial charge < -0.3 is 4.89 Å². The molecule has 3 heteroatoms. The first-order chi connectivity index (χ1) is 4.85. The molecule has 0 heterocycles. The highest BCUT2D eigenvalue weighted by Crippen LogP contribution is 2.29. The molecule has 60 valence electrons. The zero-order valence-corrected chi connectivity index (χ0v) is 7.31. The lowest BCUT2D eigenvalue weighted by atomic mass is 9.82. The van der Waals surface area contributed by atoms with Crippen LogP contribution in [0.15, 0.2) is 0 Å². The van der Waals surface area contributed by atoms with Crippen molar-refractivity contribution in [1.29, 1.82) is 0 Å². The summed E-state index contributed by atoms with van der Waals surface area (Å²) in [4.78, 5) is 6.99. The fourth-order valence-electron chi connectivity index (χ4n) is 1.19. The molecule has 0 radical (unpaired) electrons. The van der Waals surface area contributed by atoms with Crippen molar-refractivity contribution < 1.29 is 9.46 Å². The van der Waals surface area contributed by atoms with E-state index in [-0.39, 0.29) is 0 Å². The van der Waals surface area contributed by atoms with Crippen molar-refractivity contribution >= 4 is 8.69 Å². The molecule has 1 aliphatic rings. The summed E-state index contributed by atoms with van der Waals surface area (Å²) in [6.07, 6.45) is 7.43. The Morgan fingerprint density at radius 1 is 1.60 bits per heavy atom. The summed E-state index contributed by atoms with van der Waals surface area (Å²) in [5.41, 5.74) is 0. The van der Waals surface area contributed by atoms with Gasteiger partial charge in [0.05, 0.1) is 0 Å². The summed E-state index contributed by atoms with van der Waals surface area (Å²) >= 11 is 0. The third-order valence-corrected chi connectivity index (χ3v) is 1.92. The van der Waals surface area contributed by atoms with Crippen LogP contribution in [0.5, 0.6) is 0 Å². The lowest BCUT2D eigenvalue weighted by Gasteiger charge is -2.24. The van der Waals surface area contributed by atoms with E-state index >= 15 is 0 Å².